The lowest BCUT2D eigenvalue weighted by Crippen LogP contribution is -2.54. The Bertz CT molecular complexity index is 1050. The second kappa shape index (κ2) is 8.40. The molecule has 1 amide bonds. The van der Waals surface area contributed by atoms with Gasteiger partial charge in [-0.25, -0.2) is 8.42 Å². The predicted octanol–water partition coefficient (Wildman–Crippen LogP) is 3.89. The first-order chi connectivity index (χ1) is 14.3. The Morgan fingerprint density at radius 1 is 1.10 bits per heavy atom. The van der Waals surface area contributed by atoms with Crippen molar-refractivity contribution in [2.45, 2.75) is 56.6 Å². The highest BCUT2D eigenvalue weighted by Gasteiger charge is 2.37. The lowest BCUT2D eigenvalue weighted by atomic mass is 9.89. The van der Waals surface area contributed by atoms with Gasteiger partial charge in [-0.3, -0.25) is 9.52 Å². The minimum absolute atomic E-state index is 0.0667. The molecular weight excluding hydrogens is 400 g/mol. The van der Waals surface area contributed by atoms with Crippen molar-refractivity contribution in [1.82, 2.24) is 4.90 Å². The molecule has 0 bridgehead atoms. The van der Waals surface area contributed by atoms with Crippen LogP contribution in [-0.2, 0) is 14.8 Å². The molecule has 1 saturated heterocycles. The minimum Gasteiger partial charge on any atom is -0.374 e. The first-order valence-electron chi connectivity index (χ1n) is 10.5. The summed E-state index contributed by atoms with van der Waals surface area (Å²) >= 11 is 0. The third-order valence-corrected chi connectivity index (χ3v) is 7.51. The molecule has 2 aliphatic rings. The van der Waals surface area contributed by atoms with Crippen molar-refractivity contribution in [3.63, 3.8) is 0 Å². The molecule has 2 fully saturated rings. The van der Waals surface area contributed by atoms with Crippen LogP contribution in [0.3, 0.4) is 0 Å². The van der Waals surface area contributed by atoms with Crippen molar-refractivity contribution in [2.24, 2.45) is 0 Å². The van der Waals surface area contributed by atoms with Crippen LogP contribution in [0.25, 0.3) is 0 Å². The van der Waals surface area contributed by atoms with Crippen molar-refractivity contribution in [1.29, 1.82) is 0 Å². The molecule has 2 atom stereocenters. The molecule has 6 nitrogen and oxygen atoms in total. The van der Waals surface area contributed by atoms with Gasteiger partial charge in [0.1, 0.15) is 0 Å². The Kier molecular flexibility index (Phi) is 5.84. The Labute approximate surface area is 178 Å². The van der Waals surface area contributed by atoms with Gasteiger partial charge in [0.2, 0.25) is 0 Å². The zero-order chi connectivity index (χ0) is 21.3. The number of morpholine rings is 1. The molecular formula is C23H28N2O4S. The SMILES string of the molecule is Cc1ccc(C)c(S(=O)(=O)Nc2cccc(C(=O)N3CCO[C@H]4CCCC[C@H]43)c2)c1. The lowest BCUT2D eigenvalue weighted by molar-refractivity contribution is -0.0752. The molecule has 7 heteroatoms. The van der Waals surface area contributed by atoms with Crippen LogP contribution in [0.1, 0.15) is 47.2 Å². The van der Waals surface area contributed by atoms with Gasteiger partial charge in [-0.1, -0.05) is 31.0 Å². The number of anilines is 1. The van der Waals surface area contributed by atoms with Gasteiger partial charge in [0, 0.05) is 17.8 Å². The number of amides is 1. The average molecular weight is 429 g/mol. The maximum absolute atomic E-state index is 13.2. The van der Waals surface area contributed by atoms with E-state index in [1.165, 1.54) is 0 Å². The van der Waals surface area contributed by atoms with Crippen LogP contribution in [0.4, 0.5) is 5.69 Å². The van der Waals surface area contributed by atoms with Crippen LogP contribution < -0.4 is 4.72 Å². The average Bonchev–Trinajstić information content (AvgIpc) is 2.74. The van der Waals surface area contributed by atoms with Crippen molar-refractivity contribution < 1.29 is 17.9 Å². The molecule has 1 N–H and O–H groups in total. The number of benzene rings is 2. The van der Waals surface area contributed by atoms with Crippen LogP contribution >= 0.6 is 0 Å². The summed E-state index contributed by atoms with van der Waals surface area (Å²) in [6.45, 7) is 4.75. The largest absolute Gasteiger partial charge is 0.374 e. The molecule has 30 heavy (non-hydrogen) atoms. The van der Waals surface area contributed by atoms with E-state index in [2.05, 4.69) is 4.72 Å². The minimum atomic E-state index is -3.75. The zero-order valence-corrected chi connectivity index (χ0v) is 18.2. The van der Waals surface area contributed by atoms with Gasteiger partial charge in [-0.15, -0.1) is 0 Å². The number of hydrogen-bond donors (Lipinski definition) is 1. The quantitative estimate of drug-likeness (QED) is 0.802. The van der Waals surface area contributed by atoms with Gasteiger partial charge < -0.3 is 9.64 Å². The van der Waals surface area contributed by atoms with Gasteiger partial charge >= 0.3 is 0 Å². The van der Waals surface area contributed by atoms with Crippen molar-refractivity contribution in [3.05, 3.63) is 59.2 Å². The molecule has 0 radical (unpaired) electrons. The van der Waals surface area contributed by atoms with Gasteiger partial charge in [0.15, 0.2) is 0 Å². The molecule has 0 spiro atoms. The normalized spacial score (nSPS) is 21.7. The highest BCUT2D eigenvalue weighted by atomic mass is 32.2. The number of ether oxygens (including phenoxy) is 1. The van der Waals surface area contributed by atoms with E-state index in [0.717, 1.165) is 31.2 Å². The number of sulfonamides is 1. The van der Waals surface area contributed by atoms with Gasteiger partial charge in [-0.2, -0.15) is 0 Å². The number of nitrogens with zero attached hydrogens (tertiary/aromatic N) is 1. The maximum atomic E-state index is 13.2. The second-order valence-corrected chi connectivity index (χ2v) is 9.87. The Morgan fingerprint density at radius 2 is 1.90 bits per heavy atom. The standard InChI is InChI=1S/C23H28N2O4S/c1-16-10-11-17(2)22(14-16)30(27,28)24-19-7-5-6-18(15-19)23(26)25-12-13-29-21-9-4-3-8-20(21)25/h5-7,10-11,14-15,20-21,24H,3-4,8-9,12-13H2,1-2H3/t20-,21+/m1/s1. The zero-order valence-electron chi connectivity index (χ0n) is 17.4. The summed E-state index contributed by atoms with van der Waals surface area (Å²) in [6, 6.07) is 12.2. The number of carbonyl (C=O) groups is 1. The number of fused-ring (bicyclic) bond motifs is 1. The first kappa shape index (κ1) is 20.9. The van der Waals surface area contributed by atoms with Crippen LogP contribution in [0.2, 0.25) is 0 Å². The topological polar surface area (TPSA) is 75.7 Å². The summed E-state index contributed by atoms with van der Waals surface area (Å²) in [5.74, 6) is -0.0667. The molecule has 1 saturated carbocycles. The smallest absolute Gasteiger partial charge is 0.262 e. The van der Waals surface area contributed by atoms with E-state index in [1.54, 1.807) is 43.3 Å². The van der Waals surface area contributed by atoms with Crippen LogP contribution in [0.15, 0.2) is 47.4 Å². The molecule has 1 aliphatic heterocycles. The van der Waals surface area contributed by atoms with E-state index in [4.69, 9.17) is 4.74 Å². The summed E-state index contributed by atoms with van der Waals surface area (Å²) in [4.78, 5) is 15.4. The van der Waals surface area contributed by atoms with E-state index in [1.807, 2.05) is 17.9 Å². The first-order valence-corrected chi connectivity index (χ1v) is 12.0. The molecule has 2 aromatic rings. The summed E-state index contributed by atoms with van der Waals surface area (Å²) in [6.07, 6.45) is 4.30. The number of carbonyl (C=O) groups excluding carboxylic acids is 1. The summed E-state index contributed by atoms with van der Waals surface area (Å²) in [7, 11) is -3.75. The van der Waals surface area contributed by atoms with E-state index < -0.39 is 10.0 Å². The Hall–Kier alpha value is -2.38. The maximum Gasteiger partial charge on any atom is 0.262 e. The fourth-order valence-electron chi connectivity index (χ4n) is 4.44. The molecule has 1 heterocycles. The number of hydrogen-bond acceptors (Lipinski definition) is 4. The summed E-state index contributed by atoms with van der Waals surface area (Å²) < 4.78 is 34.4. The fourth-order valence-corrected chi connectivity index (χ4v) is 5.82. The molecule has 4 rings (SSSR count). The highest BCUT2D eigenvalue weighted by Crippen LogP contribution is 2.30. The molecule has 2 aromatic carbocycles. The van der Waals surface area contributed by atoms with E-state index in [-0.39, 0.29) is 22.9 Å². The predicted molar refractivity (Wildman–Crippen MR) is 116 cm³/mol. The number of rotatable bonds is 4. The molecule has 0 unspecified atom stereocenters. The van der Waals surface area contributed by atoms with Crippen molar-refractivity contribution in [3.8, 4) is 0 Å². The lowest BCUT2D eigenvalue weighted by Gasteiger charge is -2.43. The monoisotopic (exact) mass is 428 g/mol. The van der Waals surface area contributed by atoms with Crippen molar-refractivity contribution in [2.75, 3.05) is 17.9 Å². The Balaban J connectivity index is 1.56. The second-order valence-electron chi connectivity index (χ2n) is 8.21. The molecule has 1 aliphatic carbocycles. The van der Waals surface area contributed by atoms with Gasteiger partial charge in [-0.05, 0) is 62.1 Å². The Morgan fingerprint density at radius 3 is 2.73 bits per heavy atom. The third kappa shape index (κ3) is 4.23. The van der Waals surface area contributed by atoms with Gasteiger partial charge in [0.25, 0.3) is 15.9 Å². The van der Waals surface area contributed by atoms with Crippen LogP contribution in [0, 0.1) is 13.8 Å². The number of nitrogens with one attached hydrogen (secondary N) is 1. The fraction of sp³-hybridized carbons (Fsp3) is 0.435. The van der Waals surface area contributed by atoms with Crippen LogP contribution in [0.5, 0.6) is 0 Å². The van der Waals surface area contributed by atoms with E-state index >= 15 is 0 Å². The third-order valence-electron chi connectivity index (χ3n) is 5.99. The van der Waals surface area contributed by atoms with E-state index in [0.29, 0.717) is 30.0 Å². The summed E-state index contributed by atoms with van der Waals surface area (Å²) in [5.41, 5.74) is 2.42. The van der Waals surface area contributed by atoms with Crippen molar-refractivity contribution >= 4 is 21.6 Å². The van der Waals surface area contributed by atoms with Gasteiger partial charge in [0.05, 0.1) is 23.6 Å². The molecule has 0 aromatic heterocycles. The van der Waals surface area contributed by atoms with E-state index in [9.17, 15) is 13.2 Å². The summed E-state index contributed by atoms with van der Waals surface area (Å²) in [5, 5.41) is 0. The van der Waals surface area contributed by atoms with Crippen LogP contribution in [-0.4, -0.2) is 44.5 Å². The highest BCUT2D eigenvalue weighted by molar-refractivity contribution is 7.92. The number of aryl methyl sites for hydroxylation is 2. The molecule has 160 valence electrons.